The van der Waals surface area contributed by atoms with Crippen molar-refractivity contribution < 1.29 is 4.74 Å². The van der Waals surface area contributed by atoms with E-state index >= 15 is 0 Å². The summed E-state index contributed by atoms with van der Waals surface area (Å²) in [6.07, 6.45) is 0. The van der Waals surface area contributed by atoms with Gasteiger partial charge in [0.2, 0.25) is 0 Å². The van der Waals surface area contributed by atoms with Crippen LogP contribution in [0, 0.1) is 0 Å². The smallest absolute Gasteiger partial charge is 0.119 e. The highest BCUT2D eigenvalue weighted by atomic mass is 16.5. The van der Waals surface area contributed by atoms with Crippen LogP contribution in [0.1, 0.15) is 25.5 Å². The van der Waals surface area contributed by atoms with Crippen molar-refractivity contribution in [2.75, 3.05) is 6.61 Å². The molecule has 2 rings (SSSR count). The lowest BCUT2D eigenvalue weighted by molar-refractivity contribution is 0.340. The van der Waals surface area contributed by atoms with Gasteiger partial charge >= 0.3 is 0 Å². The summed E-state index contributed by atoms with van der Waals surface area (Å²) in [6, 6.07) is 16.5. The van der Waals surface area contributed by atoms with Crippen LogP contribution < -0.4 is 10.5 Å². The van der Waals surface area contributed by atoms with Crippen LogP contribution in [0.3, 0.4) is 0 Å². The highest BCUT2D eigenvalue weighted by Crippen LogP contribution is 2.25. The van der Waals surface area contributed by atoms with Crippen LogP contribution in [-0.2, 0) is 0 Å². The molecular weight excluding hydrogens is 222 g/mol. The molecule has 2 N–H and O–H groups in total. The van der Waals surface area contributed by atoms with E-state index in [0.29, 0.717) is 6.61 Å². The molecular formula is C16H19NO. The molecule has 2 nitrogen and oxygen atoms in total. The first-order valence-corrected chi connectivity index (χ1v) is 6.29. The molecule has 0 aromatic heterocycles. The molecule has 0 aliphatic rings. The predicted octanol–water partition coefficient (Wildman–Crippen LogP) is 3.77. The van der Waals surface area contributed by atoms with Gasteiger partial charge in [0.1, 0.15) is 5.75 Å². The molecule has 2 heteroatoms. The third kappa shape index (κ3) is 2.90. The number of benzene rings is 2. The molecule has 0 aliphatic heterocycles. The van der Waals surface area contributed by atoms with E-state index in [-0.39, 0.29) is 6.04 Å². The fourth-order valence-electron chi connectivity index (χ4n) is 1.93. The van der Waals surface area contributed by atoms with Crippen LogP contribution in [0.25, 0.3) is 11.1 Å². The van der Waals surface area contributed by atoms with Crippen LogP contribution >= 0.6 is 0 Å². The topological polar surface area (TPSA) is 35.2 Å². The molecule has 0 fully saturated rings. The van der Waals surface area contributed by atoms with Gasteiger partial charge in [-0.3, -0.25) is 0 Å². The van der Waals surface area contributed by atoms with E-state index < -0.39 is 0 Å². The Labute approximate surface area is 108 Å². The summed E-state index contributed by atoms with van der Waals surface area (Å²) in [5.74, 6) is 0.904. The lowest BCUT2D eigenvalue weighted by atomic mass is 10.0. The van der Waals surface area contributed by atoms with E-state index in [1.807, 2.05) is 32.0 Å². The first kappa shape index (κ1) is 12.7. The molecule has 0 amide bonds. The zero-order valence-electron chi connectivity index (χ0n) is 10.9. The summed E-state index contributed by atoms with van der Waals surface area (Å²) < 4.78 is 5.52. The number of rotatable bonds is 4. The van der Waals surface area contributed by atoms with Gasteiger partial charge < -0.3 is 10.5 Å². The summed E-state index contributed by atoms with van der Waals surface area (Å²) in [6.45, 7) is 4.67. The normalized spacial score (nSPS) is 12.2. The molecule has 2 aromatic carbocycles. The summed E-state index contributed by atoms with van der Waals surface area (Å²) in [7, 11) is 0. The van der Waals surface area contributed by atoms with Gasteiger partial charge in [-0.05, 0) is 48.7 Å². The zero-order valence-corrected chi connectivity index (χ0v) is 10.9. The maximum absolute atomic E-state index is 5.91. The van der Waals surface area contributed by atoms with Crippen molar-refractivity contribution in [2.45, 2.75) is 19.9 Å². The van der Waals surface area contributed by atoms with E-state index in [4.69, 9.17) is 10.5 Å². The monoisotopic (exact) mass is 241 g/mol. The van der Waals surface area contributed by atoms with Crippen molar-refractivity contribution in [1.29, 1.82) is 0 Å². The Balaban J connectivity index is 2.35. The van der Waals surface area contributed by atoms with Gasteiger partial charge in [-0.1, -0.05) is 30.3 Å². The van der Waals surface area contributed by atoms with Crippen molar-refractivity contribution in [2.24, 2.45) is 5.73 Å². The van der Waals surface area contributed by atoms with E-state index in [9.17, 15) is 0 Å². The predicted molar refractivity (Wildman–Crippen MR) is 75.6 cm³/mol. The average molecular weight is 241 g/mol. The molecule has 0 bridgehead atoms. The van der Waals surface area contributed by atoms with E-state index in [0.717, 1.165) is 16.9 Å². The molecule has 18 heavy (non-hydrogen) atoms. The molecule has 0 aliphatic carbocycles. The van der Waals surface area contributed by atoms with E-state index in [1.165, 1.54) is 5.56 Å². The molecule has 0 spiro atoms. The second-order valence-electron chi connectivity index (χ2n) is 4.37. The maximum atomic E-state index is 5.91. The first-order valence-electron chi connectivity index (χ1n) is 6.29. The minimum Gasteiger partial charge on any atom is -0.494 e. The second-order valence-corrected chi connectivity index (χ2v) is 4.37. The summed E-state index contributed by atoms with van der Waals surface area (Å²) in [5, 5.41) is 0. The Morgan fingerprint density at radius 3 is 2.39 bits per heavy atom. The average Bonchev–Trinajstić information content (AvgIpc) is 2.39. The first-order chi connectivity index (χ1) is 8.70. The third-order valence-electron chi connectivity index (χ3n) is 2.89. The Bertz CT molecular complexity index is 520. The fraction of sp³-hybridized carbons (Fsp3) is 0.250. The largest absolute Gasteiger partial charge is 0.494 e. The quantitative estimate of drug-likeness (QED) is 0.884. The van der Waals surface area contributed by atoms with Gasteiger partial charge in [-0.25, -0.2) is 0 Å². The highest BCUT2D eigenvalue weighted by molar-refractivity contribution is 5.65. The second kappa shape index (κ2) is 5.69. The van der Waals surface area contributed by atoms with Gasteiger partial charge in [0, 0.05) is 6.04 Å². The minimum atomic E-state index is 0.0556. The number of hydrogen-bond donors (Lipinski definition) is 1. The van der Waals surface area contributed by atoms with Crippen molar-refractivity contribution in [1.82, 2.24) is 0 Å². The van der Waals surface area contributed by atoms with E-state index in [2.05, 4.69) is 30.3 Å². The fourth-order valence-corrected chi connectivity index (χ4v) is 1.93. The Hall–Kier alpha value is -1.80. The van der Waals surface area contributed by atoms with Crippen molar-refractivity contribution in [3.63, 3.8) is 0 Å². The van der Waals surface area contributed by atoms with Gasteiger partial charge in [-0.2, -0.15) is 0 Å². The van der Waals surface area contributed by atoms with Crippen LogP contribution in [0.5, 0.6) is 5.75 Å². The van der Waals surface area contributed by atoms with Crippen molar-refractivity contribution in [3.05, 3.63) is 54.1 Å². The molecule has 94 valence electrons. The number of ether oxygens (including phenoxy) is 1. The Kier molecular flexibility index (Phi) is 4.00. The lowest BCUT2D eigenvalue weighted by Crippen LogP contribution is -2.04. The maximum Gasteiger partial charge on any atom is 0.119 e. The number of nitrogens with two attached hydrogens (primary N) is 1. The molecule has 1 atom stereocenters. The molecule has 2 aromatic rings. The van der Waals surface area contributed by atoms with Crippen LogP contribution in [0.15, 0.2) is 48.5 Å². The number of hydrogen-bond acceptors (Lipinski definition) is 2. The van der Waals surface area contributed by atoms with Crippen molar-refractivity contribution >= 4 is 0 Å². The van der Waals surface area contributed by atoms with Crippen LogP contribution in [0.2, 0.25) is 0 Å². The molecule has 0 saturated heterocycles. The molecule has 1 unspecified atom stereocenters. The van der Waals surface area contributed by atoms with Crippen LogP contribution in [0.4, 0.5) is 0 Å². The summed E-state index contributed by atoms with van der Waals surface area (Å²) >= 11 is 0. The van der Waals surface area contributed by atoms with Gasteiger partial charge in [-0.15, -0.1) is 0 Å². The zero-order chi connectivity index (χ0) is 13.0. The highest BCUT2D eigenvalue weighted by Gasteiger charge is 2.03. The minimum absolute atomic E-state index is 0.0556. The van der Waals surface area contributed by atoms with Gasteiger partial charge in [0.15, 0.2) is 0 Å². The molecule has 0 saturated carbocycles. The summed E-state index contributed by atoms with van der Waals surface area (Å²) in [5.41, 5.74) is 9.39. The van der Waals surface area contributed by atoms with Crippen molar-refractivity contribution in [3.8, 4) is 16.9 Å². The SMILES string of the molecule is CCOc1cccc(-c2cccc(C(C)N)c2)c1. The van der Waals surface area contributed by atoms with E-state index in [1.54, 1.807) is 0 Å². The molecule has 0 heterocycles. The lowest BCUT2D eigenvalue weighted by Gasteiger charge is -2.10. The third-order valence-corrected chi connectivity index (χ3v) is 2.89. The van der Waals surface area contributed by atoms with Gasteiger partial charge in [0.25, 0.3) is 0 Å². The standard InChI is InChI=1S/C16H19NO/c1-3-18-16-9-5-8-15(11-16)14-7-4-6-13(10-14)12(2)17/h4-12H,3,17H2,1-2H3. The van der Waals surface area contributed by atoms with Gasteiger partial charge in [0.05, 0.1) is 6.61 Å². The Morgan fingerprint density at radius 1 is 1.06 bits per heavy atom. The Morgan fingerprint density at radius 2 is 1.72 bits per heavy atom. The van der Waals surface area contributed by atoms with Crippen LogP contribution in [-0.4, -0.2) is 6.61 Å². The molecule has 0 radical (unpaired) electrons. The summed E-state index contributed by atoms with van der Waals surface area (Å²) in [4.78, 5) is 0.